The normalized spacial score (nSPS) is 14.0. The molecule has 3 rings (SSSR count). The molecule has 0 aliphatic rings. The van der Waals surface area contributed by atoms with Crippen LogP contribution < -0.4 is 5.32 Å². The third-order valence-corrected chi connectivity index (χ3v) is 4.80. The van der Waals surface area contributed by atoms with E-state index in [1.54, 1.807) is 48.5 Å². The van der Waals surface area contributed by atoms with Crippen molar-refractivity contribution in [3.05, 3.63) is 77.3 Å². The number of carbonyl (C=O) groups excluding carboxylic acids is 1. The molecule has 1 unspecified atom stereocenters. The first kappa shape index (κ1) is 19.2. The molecule has 3 aromatic carbocycles. The molecule has 1 atom stereocenters. The molecule has 27 heavy (non-hydrogen) atoms. The number of carbonyl (C=O) groups is 1. The van der Waals surface area contributed by atoms with Gasteiger partial charge in [0.1, 0.15) is 0 Å². The topological polar surface area (TPSA) is 29.1 Å². The lowest BCUT2D eigenvalue weighted by molar-refractivity contribution is -0.155. The smallest absolute Gasteiger partial charge is 0.325 e. The highest BCUT2D eigenvalue weighted by Gasteiger charge is 2.45. The summed E-state index contributed by atoms with van der Waals surface area (Å²) in [5.74, 6) is -0.725. The molecule has 0 aliphatic carbocycles. The van der Waals surface area contributed by atoms with Crippen molar-refractivity contribution in [1.82, 2.24) is 0 Å². The van der Waals surface area contributed by atoms with Gasteiger partial charge < -0.3 is 5.32 Å². The zero-order valence-electron chi connectivity index (χ0n) is 14.5. The Morgan fingerprint density at radius 1 is 0.963 bits per heavy atom. The fourth-order valence-corrected chi connectivity index (χ4v) is 3.18. The van der Waals surface area contributed by atoms with Crippen molar-refractivity contribution in [3.63, 3.8) is 0 Å². The van der Waals surface area contributed by atoms with Crippen LogP contribution in [0.25, 0.3) is 10.8 Å². The summed E-state index contributed by atoms with van der Waals surface area (Å²) in [6, 6.07) is 18.5. The Kier molecular flexibility index (Phi) is 5.16. The van der Waals surface area contributed by atoms with Gasteiger partial charge in [0.2, 0.25) is 5.91 Å². The van der Waals surface area contributed by atoms with E-state index in [1.807, 2.05) is 18.2 Å². The van der Waals surface area contributed by atoms with E-state index >= 15 is 0 Å². The van der Waals surface area contributed by atoms with E-state index in [-0.39, 0.29) is 0 Å². The van der Waals surface area contributed by atoms with Crippen LogP contribution in [-0.4, -0.2) is 12.1 Å². The molecule has 0 spiro atoms. The minimum atomic E-state index is -4.50. The summed E-state index contributed by atoms with van der Waals surface area (Å²) in [6.45, 7) is 1.32. The lowest BCUT2D eigenvalue weighted by Crippen LogP contribution is -2.41. The van der Waals surface area contributed by atoms with Crippen LogP contribution in [0, 0.1) is 0 Å². The summed E-state index contributed by atoms with van der Waals surface area (Å²) < 4.78 is 39.9. The van der Waals surface area contributed by atoms with Crippen LogP contribution in [0.15, 0.2) is 66.7 Å². The van der Waals surface area contributed by atoms with Crippen LogP contribution in [0.5, 0.6) is 0 Å². The van der Waals surface area contributed by atoms with Crippen LogP contribution in [0.3, 0.4) is 0 Å². The molecule has 0 fully saturated rings. The number of fused-ring (bicyclic) bond motifs is 1. The zero-order chi connectivity index (χ0) is 19.7. The highest BCUT2D eigenvalue weighted by atomic mass is 35.5. The number of alkyl halides is 3. The summed E-state index contributed by atoms with van der Waals surface area (Å²) in [5, 5.41) is 4.73. The molecule has 6 heteroatoms. The van der Waals surface area contributed by atoms with Crippen molar-refractivity contribution in [3.8, 4) is 0 Å². The van der Waals surface area contributed by atoms with Gasteiger partial charge in [-0.05, 0) is 47.5 Å². The highest BCUT2D eigenvalue weighted by molar-refractivity contribution is 6.30. The molecule has 140 valence electrons. The summed E-state index contributed by atoms with van der Waals surface area (Å²) in [4.78, 5) is 12.9. The van der Waals surface area contributed by atoms with Gasteiger partial charge in [-0.1, -0.05) is 54.1 Å². The summed E-state index contributed by atoms with van der Waals surface area (Å²) in [5.41, 5.74) is -1.08. The van der Waals surface area contributed by atoms with E-state index in [9.17, 15) is 18.0 Å². The van der Waals surface area contributed by atoms with Gasteiger partial charge in [-0.15, -0.1) is 0 Å². The molecule has 0 bridgehead atoms. The first-order chi connectivity index (χ1) is 12.7. The van der Waals surface area contributed by atoms with E-state index in [0.29, 0.717) is 16.3 Å². The average Bonchev–Trinajstić information content (AvgIpc) is 2.61. The van der Waals surface area contributed by atoms with Crippen molar-refractivity contribution in [1.29, 1.82) is 0 Å². The predicted molar refractivity (Wildman–Crippen MR) is 102 cm³/mol. The monoisotopic (exact) mass is 391 g/mol. The van der Waals surface area contributed by atoms with Gasteiger partial charge >= 0.3 is 6.18 Å². The number of benzene rings is 3. The molecule has 0 saturated heterocycles. The molecular weight excluding hydrogens is 375 g/mol. The molecule has 1 N–H and O–H groups in total. The maximum Gasteiger partial charge on any atom is 0.390 e. The maximum absolute atomic E-state index is 13.3. The van der Waals surface area contributed by atoms with Crippen LogP contribution in [0.1, 0.15) is 18.9 Å². The number of rotatable bonds is 4. The van der Waals surface area contributed by atoms with E-state index < -0.39 is 23.9 Å². The summed E-state index contributed by atoms with van der Waals surface area (Å²) >= 11 is 5.82. The molecule has 2 nitrogen and oxygen atoms in total. The Hall–Kier alpha value is -2.53. The van der Waals surface area contributed by atoms with E-state index in [4.69, 9.17) is 11.6 Å². The molecule has 0 radical (unpaired) electrons. The molecule has 3 aromatic rings. The summed E-state index contributed by atoms with van der Waals surface area (Å²) in [7, 11) is 0. The Bertz CT molecular complexity index is 969. The fourth-order valence-electron chi connectivity index (χ4n) is 3.05. The molecular formula is C21H17ClF3NO. The minimum Gasteiger partial charge on any atom is -0.325 e. The number of halogens is 4. The van der Waals surface area contributed by atoms with Gasteiger partial charge in [-0.2, -0.15) is 13.2 Å². The van der Waals surface area contributed by atoms with Crippen LogP contribution in [-0.2, 0) is 10.2 Å². The van der Waals surface area contributed by atoms with Gasteiger partial charge in [0.25, 0.3) is 0 Å². The third-order valence-electron chi connectivity index (χ3n) is 4.54. The fraction of sp³-hybridized carbons (Fsp3) is 0.190. The third kappa shape index (κ3) is 4.42. The predicted octanol–water partition coefficient (Wildman–Crippen LogP) is 6.34. The first-order valence-electron chi connectivity index (χ1n) is 8.30. The van der Waals surface area contributed by atoms with Gasteiger partial charge in [-0.25, -0.2) is 0 Å². The van der Waals surface area contributed by atoms with Crippen molar-refractivity contribution in [2.24, 2.45) is 0 Å². The van der Waals surface area contributed by atoms with Gasteiger partial charge in [0, 0.05) is 10.7 Å². The van der Waals surface area contributed by atoms with Crippen LogP contribution in [0.2, 0.25) is 5.02 Å². The van der Waals surface area contributed by atoms with E-state index in [0.717, 1.165) is 10.8 Å². The molecule has 0 aliphatic heterocycles. The SMILES string of the molecule is CC(CC(F)(F)F)(C(=O)Nc1ccc(Cl)cc1)c1ccc2ccccc2c1. The minimum absolute atomic E-state index is 0.310. The van der Waals surface area contributed by atoms with Gasteiger partial charge in [-0.3, -0.25) is 4.79 Å². The number of nitrogens with one attached hydrogen (secondary N) is 1. The van der Waals surface area contributed by atoms with Crippen molar-refractivity contribution >= 4 is 34.0 Å². The second-order valence-electron chi connectivity index (χ2n) is 6.65. The molecule has 0 heterocycles. The Balaban J connectivity index is 2.01. The Morgan fingerprint density at radius 3 is 2.22 bits per heavy atom. The second-order valence-corrected chi connectivity index (χ2v) is 7.08. The number of hydrogen-bond acceptors (Lipinski definition) is 1. The first-order valence-corrected chi connectivity index (χ1v) is 8.68. The van der Waals surface area contributed by atoms with E-state index in [2.05, 4.69) is 5.32 Å². The molecule has 0 aromatic heterocycles. The highest BCUT2D eigenvalue weighted by Crippen LogP contribution is 2.38. The Labute approximate surface area is 160 Å². The number of anilines is 1. The van der Waals surface area contributed by atoms with Crippen molar-refractivity contribution in [2.75, 3.05) is 5.32 Å². The second kappa shape index (κ2) is 7.24. The van der Waals surface area contributed by atoms with Crippen LogP contribution in [0.4, 0.5) is 18.9 Å². The lowest BCUT2D eigenvalue weighted by atomic mass is 9.77. The zero-order valence-corrected chi connectivity index (χ0v) is 15.2. The van der Waals surface area contributed by atoms with Crippen molar-refractivity contribution < 1.29 is 18.0 Å². The Morgan fingerprint density at radius 2 is 1.59 bits per heavy atom. The largest absolute Gasteiger partial charge is 0.390 e. The number of hydrogen-bond donors (Lipinski definition) is 1. The van der Waals surface area contributed by atoms with Gasteiger partial charge in [0.15, 0.2) is 0 Å². The number of amides is 1. The van der Waals surface area contributed by atoms with E-state index in [1.165, 1.54) is 6.92 Å². The van der Waals surface area contributed by atoms with Gasteiger partial charge in [0.05, 0.1) is 11.8 Å². The quantitative estimate of drug-likeness (QED) is 0.552. The average molecular weight is 392 g/mol. The van der Waals surface area contributed by atoms with Crippen LogP contribution >= 0.6 is 11.6 Å². The standard InChI is InChI=1S/C21H17ClF3NO/c1-20(13-21(23,24)25,19(27)26-18-10-8-17(22)9-11-18)16-7-6-14-4-2-3-5-15(14)12-16/h2-12H,13H2,1H3,(H,26,27). The maximum atomic E-state index is 13.3. The lowest BCUT2D eigenvalue weighted by Gasteiger charge is -2.30. The summed E-state index contributed by atoms with van der Waals surface area (Å²) in [6.07, 6.45) is -5.77. The molecule has 1 amide bonds. The molecule has 0 saturated carbocycles. The van der Waals surface area contributed by atoms with Crippen molar-refractivity contribution in [2.45, 2.75) is 24.9 Å².